The quantitative estimate of drug-likeness (QED) is 0.760. The molecule has 1 heterocycles. The zero-order chi connectivity index (χ0) is 14.0. The second-order valence-electron chi connectivity index (χ2n) is 4.55. The third-order valence-corrected chi connectivity index (χ3v) is 3.34. The molecule has 0 saturated carbocycles. The van der Waals surface area contributed by atoms with Gasteiger partial charge in [0.15, 0.2) is 0 Å². The zero-order valence-electron chi connectivity index (χ0n) is 11.1. The number of benzene rings is 1. The van der Waals surface area contributed by atoms with Crippen LogP contribution in [0, 0.1) is 5.92 Å². The smallest absolute Gasteiger partial charge is 0.323 e. The van der Waals surface area contributed by atoms with Crippen molar-refractivity contribution in [3.8, 4) is 0 Å². The number of nitrogens with zero attached hydrogens (tertiary/aromatic N) is 1. The molecule has 6 nitrogen and oxygen atoms in total. The van der Waals surface area contributed by atoms with Crippen LogP contribution < -0.4 is 16.3 Å². The second kappa shape index (κ2) is 5.27. The van der Waals surface area contributed by atoms with Crippen LogP contribution in [0.1, 0.15) is 13.3 Å². The summed E-state index contributed by atoms with van der Waals surface area (Å²) in [7, 11) is 1.71. The van der Waals surface area contributed by atoms with Gasteiger partial charge in [-0.1, -0.05) is 6.92 Å². The Morgan fingerprint density at radius 3 is 2.68 bits per heavy atom. The molecule has 2 aromatic rings. The Hall–Kier alpha value is -2.08. The van der Waals surface area contributed by atoms with E-state index >= 15 is 0 Å². The highest BCUT2D eigenvalue weighted by molar-refractivity contribution is 5.96. The van der Waals surface area contributed by atoms with Crippen LogP contribution in [-0.4, -0.2) is 29.5 Å². The molecule has 0 radical (unpaired) electrons. The number of H-pyrrole nitrogens is 2. The monoisotopic (exact) mass is 262 g/mol. The van der Waals surface area contributed by atoms with Gasteiger partial charge in [-0.15, -0.1) is 0 Å². The number of carbonyl (C=O) groups is 1. The molecule has 0 aliphatic rings. The van der Waals surface area contributed by atoms with Gasteiger partial charge < -0.3 is 20.6 Å². The molecule has 102 valence electrons. The van der Waals surface area contributed by atoms with E-state index in [1.54, 1.807) is 30.1 Å². The number of aromatic amines is 2. The number of aromatic nitrogens is 2. The first-order valence-electron chi connectivity index (χ1n) is 6.26. The predicted molar refractivity (Wildman–Crippen MR) is 75.2 cm³/mol. The van der Waals surface area contributed by atoms with Gasteiger partial charge in [0, 0.05) is 19.3 Å². The Bertz CT molecular complexity index is 639. The minimum atomic E-state index is -0.255. The van der Waals surface area contributed by atoms with Crippen LogP contribution in [-0.2, 0) is 4.79 Å². The molecule has 0 aliphatic heterocycles. The number of rotatable bonds is 4. The fourth-order valence-corrected chi connectivity index (χ4v) is 2.07. The van der Waals surface area contributed by atoms with E-state index in [9.17, 15) is 9.59 Å². The summed E-state index contributed by atoms with van der Waals surface area (Å²) in [6, 6.07) is 5.34. The third kappa shape index (κ3) is 2.53. The average Bonchev–Trinajstić information content (AvgIpc) is 2.78. The number of nitrogens with one attached hydrogen (secondary N) is 2. The Morgan fingerprint density at radius 2 is 2.05 bits per heavy atom. The van der Waals surface area contributed by atoms with Crippen molar-refractivity contribution in [1.29, 1.82) is 0 Å². The highest BCUT2D eigenvalue weighted by Crippen LogP contribution is 2.20. The molecule has 1 unspecified atom stereocenters. The lowest BCUT2D eigenvalue weighted by Gasteiger charge is -2.22. The van der Waals surface area contributed by atoms with Crippen molar-refractivity contribution >= 4 is 22.6 Å². The van der Waals surface area contributed by atoms with Gasteiger partial charge in [-0.25, -0.2) is 4.79 Å². The normalized spacial score (nSPS) is 12.6. The minimum Gasteiger partial charge on any atom is -0.330 e. The number of anilines is 1. The van der Waals surface area contributed by atoms with Gasteiger partial charge in [0.25, 0.3) is 0 Å². The van der Waals surface area contributed by atoms with Crippen molar-refractivity contribution in [3.63, 3.8) is 0 Å². The van der Waals surface area contributed by atoms with Crippen molar-refractivity contribution in [3.05, 3.63) is 28.7 Å². The first-order valence-corrected chi connectivity index (χ1v) is 6.26. The lowest BCUT2D eigenvalue weighted by Crippen LogP contribution is -2.36. The number of hydrogen-bond acceptors (Lipinski definition) is 3. The summed E-state index contributed by atoms with van der Waals surface area (Å²) in [5.74, 6) is -0.187. The first-order chi connectivity index (χ1) is 9.06. The summed E-state index contributed by atoms with van der Waals surface area (Å²) < 4.78 is 0. The van der Waals surface area contributed by atoms with Crippen LogP contribution in [0.15, 0.2) is 23.0 Å². The van der Waals surface area contributed by atoms with Gasteiger partial charge in [-0.05, 0) is 24.6 Å². The van der Waals surface area contributed by atoms with Crippen LogP contribution in [0.25, 0.3) is 11.0 Å². The molecule has 1 atom stereocenters. The fourth-order valence-electron chi connectivity index (χ4n) is 2.07. The molecule has 19 heavy (non-hydrogen) atoms. The molecule has 0 spiro atoms. The Labute approximate surface area is 110 Å². The van der Waals surface area contributed by atoms with Gasteiger partial charge >= 0.3 is 5.69 Å². The molecule has 1 amide bonds. The molecule has 6 heteroatoms. The summed E-state index contributed by atoms with van der Waals surface area (Å²) in [6.07, 6.45) is 0.711. The van der Waals surface area contributed by atoms with Crippen LogP contribution in [0.3, 0.4) is 0 Å². The molecular weight excluding hydrogens is 244 g/mol. The molecule has 0 bridgehead atoms. The summed E-state index contributed by atoms with van der Waals surface area (Å²) in [5, 5.41) is 0. The number of imidazole rings is 1. The van der Waals surface area contributed by atoms with Gasteiger partial charge in [0.2, 0.25) is 5.91 Å². The number of hydrogen-bond donors (Lipinski definition) is 3. The molecule has 4 N–H and O–H groups in total. The van der Waals surface area contributed by atoms with Gasteiger partial charge in [-0.3, -0.25) is 4.79 Å². The maximum atomic E-state index is 12.2. The topological polar surface area (TPSA) is 95.0 Å². The van der Waals surface area contributed by atoms with Crippen molar-refractivity contribution in [2.75, 3.05) is 18.5 Å². The van der Waals surface area contributed by atoms with E-state index in [-0.39, 0.29) is 17.5 Å². The second-order valence-corrected chi connectivity index (χ2v) is 4.55. The van der Waals surface area contributed by atoms with E-state index in [0.29, 0.717) is 18.5 Å². The molecule has 0 saturated heterocycles. The molecule has 0 aliphatic carbocycles. The lowest BCUT2D eigenvalue weighted by molar-refractivity contribution is -0.121. The lowest BCUT2D eigenvalue weighted by atomic mass is 10.1. The Balaban J connectivity index is 2.32. The highest BCUT2D eigenvalue weighted by atomic mass is 16.2. The van der Waals surface area contributed by atoms with Crippen molar-refractivity contribution in [2.45, 2.75) is 13.3 Å². The van der Waals surface area contributed by atoms with Crippen molar-refractivity contribution in [1.82, 2.24) is 9.97 Å². The molecule has 2 rings (SSSR count). The number of amides is 1. The third-order valence-electron chi connectivity index (χ3n) is 3.34. The number of fused-ring (bicyclic) bond motifs is 1. The fraction of sp³-hybridized carbons (Fsp3) is 0.385. The molecule has 0 fully saturated rings. The largest absolute Gasteiger partial charge is 0.330 e. The van der Waals surface area contributed by atoms with Crippen LogP contribution in [0.4, 0.5) is 5.69 Å². The van der Waals surface area contributed by atoms with Gasteiger partial charge in [0.1, 0.15) is 0 Å². The maximum Gasteiger partial charge on any atom is 0.323 e. The van der Waals surface area contributed by atoms with Crippen molar-refractivity contribution in [2.24, 2.45) is 11.7 Å². The van der Waals surface area contributed by atoms with Crippen molar-refractivity contribution < 1.29 is 4.79 Å². The standard InChI is InChI=1S/C13H18N4O2/c1-3-8(7-14)12(18)17(2)9-4-5-10-11(6-9)16-13(19)15-10/h4-6,8H,3,7,14H2,1-2H3,(H2,15,16,19). The van der Waals surface area contributed by atoms with E-state index in [1.807, 2.05) is 6.92 Å². The minimum absolute atomic E-state index is 0.0118. The Kier molecular flexibility index (Phi) is 3.71. The van der Waals surface area contributed by atoms with E-state index in [0.717, 1.165) is 11.2 Å². The SMILES string of the molecule is CCC(CN)C(=O)N(C)c1ccc2[nH]c(=O)[nH]c2c1. The maximum absolute atomic E-state index is 12.2. The predicted octanol–water partition coefficient (Wildman–Crippen LogP) is 0.804. The molecular formula is C13H18N4O2. The molecule has 1 aromatic heterocycles. The summed E-state index contributed by atoms with van der Waals surface area (Å²) in [5.41, 5.74) is 7.48. The highest BCUT2D eigenvalue weighted by Gasteiger charge is 2.20. The average molecular weight is 262 g/mol. The summed E-state index contributed by atoms with van der Waals surface area (Å²) in [4.78, 5) is 30.3. The zero-order valence-corrected chi connectivity index (χ0v) is 11.1. The van der Waals surface area contributed by atoms with E-state index in [4.69, 9.17) is 5.73 Å². The van der Waals surface area contributed by atoms with Crippen LogP contribution in [0.5, 0.6) is 0 Å². The summed E-state index contributed by atoms with van der Waals surface area (Å²) >= 11 is 0. The summed E-state index contributed by atoms with van der Waals surface area (Å²) in [6.45, 7) is 2.28. The van der Waals surface area contributed by atoms with Crippen LogP contribution in [0.2, 0.25) is 0 Å². The number of nitrogens with two attached hydrogens (primary N) is 1. The van der Waals surface area contributed by atoms with Gasteiger partial charge in [0.05, 0.1) is 17.0 Å². The number of carbonyl (C=O) groups excluding carboxylic acids is 1. The molecule has 1 aromatic carbocycles. The van der Waals surface area contributed by atoms with E-state index in [2.05, 4.69) is 9.97 Å². The van der Waals surface area contributed by atoms with Gasteiger partial charge in [-0.2, -0.15) is 0 Å². The van der Waals surface area contributed by atoms with E-state index < -0.39 is 0 Å². The first kappa shape index (κ1) is 13.4. The van der Waals surface area contributed by atoms with E-state index in [1.165, 1.54) is 0 Å². The van der Waals surface area contributed by atoms with Crippen LogP contribution >= 0.6 is 0 Å². The Morgan fingerprint density at radius 1 is 1.37 bits per heavy atom.